The van der Waals surface area contributed by atoms with E-state index in [0.717, 1.165) is 17.7 Å². The molecule has 1 amide bonds. The highest BCUT2D eigenvalue weighted by Gasteiger charge is 2.16. The first-order chi connectivity index (χ1) is 12.6. The van der Waals surface area contributed by atoms with Gasteiger partial charge in [-0.25, -0.2) is 0 Å². The molecule has 0 saturated carbocycles. The predicted molar refractivity (Wildman–Crippen MR) is 104 cm³/mol. The lowest BCUT2D eigenvalue weighted by molar-refractivity contribution is -0.132. The number of carbonyl (C=O) groups is 1. The first-order valence-corrected chi connectivity index (χ1v) is 9.02. The predicted octanol–water partition coefficient (Wildman–Crippen LogP) is 5.06. The third-order valence-corrected chi connectivity index (χ3v) is 4.60. The maximum atomic E-state index is 12.9. The molecule has 2 aromatic carbocycles. The van der Waals surface area contributed by atoms with E-state index < -0.39 is 0 Å². The molecule has 1 aromatic heterocycles. The van der Waals surface area contributed by atoms with E-state index in [2.05, 4.69) is 32.0 Å². The number of hydrogen-bond acceptors (Lipinski definition) is 2. The SMILES string of the molecule is Cc1ccc(CCC(=O)N(Cc2ccccc2)Cc2ccco2)c(C)c1. The average molecular weight is 347 g/mol. The van der Waals surface area contributed by atoms with Crippen molar-refractivity contribution in [3.8, 4) is 0 Å². The van der Waals surface area contributed by atoms with Crippen LogP contribution >= 0.6 is 0 Å². The van der Waals surface area contributed by atoms with Crippen LogP contribution in [-0.2, 0) is 24.3 Å². The highest BCUT2D eigenvalue weighted by Crippen LogP contribution is 2.16. The number of aryl methyl sites for hydroxylation is 3. The van der Waals surface area contributed by atoms with Crippen molar-refractivity contribution in [3.63, 3.8) is 0 Å². The number of amides is 1. The van der Waals surface area contributed by atoms with Gasteiger partial charge in [0.25, 0.3) is 0 Å². The third-order valence-electron chi connectivity index (χ3n) is 4.60. The zero-order chi connectivity index (χ0) is 18.4. The van der Waals surface area contributed by atoms with Crippen LogP contribution in [0.5, 0.6) is 0 Å². The van der Waals surface area contributed by atoms with Gasteiger partial charge in [-0.2, -0.15) is 0 Å². The molecule has 1 heterocycles. The van der Waals surface area contributed by atoms with Crippen LogP contribution in [0.3, 0.4) is 0 Å². The number of carbonyl (C=O) groups excluding carboxylic acids is 1. The Morgan fingerprint density at radius 1 is 0.962 bits per heavy atom. The van der Waals surface area contributed by atoms with E-state index in [0.29, 0.717) is 19.5 Å². The van der Waals surface area contributed by atoms with Crippen LogP contribution in [0, 0.1) is 13.8 Å². The van der Waals surface area contributed by atoms with Gasteiger partial charge in [-0.3, -0.25) is 4.79 Å². The van der Waals surface area contributed by atoms with Gasteiger partial charge in [-0.15, -0.1) is 0 Å². The van der Waals surface area contributed by atoms with Crippen molar-refractivity contribution in [2.24, 2.45) is 0 Å². The lowest BCUT2D eigenvalue weighted by atomic mass is 10.0. The third kappa shape index (κ3) is 4.85. The van der Waals surface area contributed by atoms with E-state index in [4.69, 9.17) is 4.42 Å². The largest absolute Gasteiger partial charge is 0.467 e. The van der Waals surface area contributed by atoms with Crippen LogP contribution < -0.4 is 0 Å². The van der Waals surface area contributed by atoms with Gasteiger partial charge in [0.15, 0.2) is 0 Å². The van der Waals surface area contributed by atoms with Crippen molar-refractivity contribution in [1.82, 2.24) is 4.90 Å². The zero-order valence-electron chi connectivity index (χ0n) is 15.4. The fourth-order valence-corrected chi connectivity index (χ4v) is 3.15. The summed E-state index contributed by atoms with van der Waals surface area (Å²) in [6, 6.07) is 20.3. The molecular formula is C23H25NO2. The molecule has 0 aliphatic carbocycles. The van der Waals surface area contributed by atoms with E-state index in [-0.39, 0.29) is 5.91 Å². The monoisotopic (exact) mass is 347 g/mol. The van der Waals surface area contributed by atoms with Crippen LogP contribution in [0.15, 0.2) is 71.3 Å². The molecule has 0 aliphatic heterocycles. The van der Waals surface area contributed by atoms with Crippen LogP contribution in [0.25, 0.3) is 0 Å². The summed E-state index contributed by atoms with van der Waals surface area (Å²) in [6.45, 7) is 5.28. The number of nitrogens with zero attached hydrogens (tertiary/aromatic N) is 1. The summed E-state index contributed by atoms with van der Waals surface area (Å²) in [6.07, 6.45) is 2.90. The Bertz CT molecular complexity index is 838. The lowest BCUT2D eigenvalue weighted by Gasteiger charge is -2.22. The van der Waals surface area contributed by atoms with Crippen molar-refractivity contribution in [3.05, 3.63) is 94.9 Å². The van der Waals surface area contributed by atoms with Gasteiger partial charge >= 0.3 is 0 Å². The van der Waals surface area contributed by atoms with E-state index >= 15 is 0 Å². The first-order valence-electron chi connectivity index (χ1n) is 9.02. The van der Waals surface area contributed by atoms with E-state index in [1.807, 2.05) is 47.4 Å². The number of rotatable bonds is 7. The summed E-state index contributed by atoms with van der Waals surface area (Å²) in [4.78, 5) is 14.8. The smallest absolute Gasteiger partial charge is 0.223 e. The second-order valence-electron chi connectivity index (χ2n) is 6.74. The Kier molecular flexibility index (Phi) is 5.90. The minimum atomic E-state index is 0.144. The summed E-state index contributed by atoms with van der Waals surface area (Å²) in [5.41, 5.74) is 4.86. The number of furan rings is 1. The summed E-state index contributed by atoms with van der Waals surface area (Å²) < 4.78 is 5.45. The quantitative estimate of drug-likeness (QED) is 0.599. The highest BCUT2D eigenvalue weighted by molar-refractivity contribution is 5.76. The van der Waals surface area contributed by atoms with E-state index in [1.165, 1.54) is 16.7 Å². The van der Waals surface area contributed by atoms with Gasteiger partial charge in [-0.05, 0) is 49.1 Å². The molecule has 0 fully saturated rings. The van der Waals surface area contributed by atoms with Gasteiger partial charge in [0, 0.05) is 13.0 Å². The minimum Gasteiger partial charge on any atom is -0.467 e. The molecule has 0 bridgehead atoms. The summed E-state index contributed by atoms with van der Waals surface area (Å²) in [7, 11) is 0. The molecule has 0 saturated heterocycles. The maximum Gasteiger partial charge on any atom is 0.223 e. The van der Waals surface area contributed by atoms with Crippen LogP contribution in [0.2, 0.25) is 0 Å². The molecule has 0 N–H and O–H groups in total. The second kappa shape index (κ2) is 8.52. The summed E-state index contributed by atoms with van der Waals surface area (Å²) in [5.74, 6) is 0.950. The van der Waals surface area contributed by atoms with Gasteiger partial charge in [-0.1, -0.05) is 54.1 Å². The second-order valence-corrected chi connectivity index (χ2v) is 6.74. The van der Waals surface area contributed by atoms with Crippen LogP contribution in [0.4, 0.5) is 0 Å². The van der Waals surface area contributed by atoms with Crippen LogP contribution in [-0.4, -0.2) is 10.8 Å². The normalized spacial score (nSPS) is 10.7. The summed E-state index contributed by atoms with van der Waals surface area (Å²) >= 11 is 0. The standard InChI is InChI=1S/C23H25NO2/c1-18-10-11-21(19(2)15-18)12-13-23(25)24(17-22-9-6-14-26-22)16-20-7-4-3-5-8-20/h3-11,14-15H,12-13,16-17H2,1-2H3. The van der Waals surface area contributed by atoms with Gasteiger partial charge in [0.05, 0.1) is 12.8 Å². The molecule has 0 radical (unpaired) electrons. The van der Waals surface area contributed by atoms with E-state index in [1.54, 1.807) is 6.26 Å². The number of benzene rings is 2. The lowest BCUT2D eigenvalue weighted by Crippen LogP contribution is -2.30. The van der Waals surface area contributed by atoms with Crippen LogP contribution in [0.1, 0.15) is 34.4 Å². The number of hydrogen-bond donors (Lipinski definition) is 0. The maximum absolute atomic E-state index is 12.9. The Labute approximate surface area is 155 Å². The van der Waals surface area contributed by atoms with Gasteiger partial charge in [0.2, 0.25) is 5.91 Å². The molecule has 3 nitrogen and oxygen atoms in total. The van der Waals surface area contributed by atoms with Gasteiger partial charge in [0.1, 0.15) is 5.76 Å². The average Bonchev–Trinajstić information content (AvgIpc) is 3.14. The topological polar surface area (TPSA) is 33.5 Å². The molecule has 3 aromatic rings. The van der Waals surface area contributed by atoms with Crippen molar-refractivity contribution in [2.75, 3.05) is 0 Å². The van der Waals surface area contributed by atoms with Crippen molar-refractivity contribution in [1.29, 1.82) is 0 Å². The van der Waals surface area contributed by atoms with Crippen molar-refractivity contribution >= 4 is 5.91 Å². The molecule has 26 heavy (non-hydrogen) atoms. The van der Waals surface area contributed by atoms with Gasteiger partial charge < -0.3 is 9.32 Å². The minimum absolute atomic E-state index is 0.144. The summed E-state index contributed by atoms with van der Waals surface area (Å²) in [5, 5.41) is 0. The molecular weight excluding hydrogens is 322 g/mol. The fourth-order valence-electron chi connectivity index (χ4n) is 3.15. The fraction of sp³-hybridized carbons (Fsp3) is 0.261. The Morgan fingerprint density at radius 2 is 1.77 bits per heavy atom. The molecule has 0 spiro atoms. The Morgan fingerprint density at radius 3 is 2.46 bits per heavy atom. The molecule has 3 rings (SSSR count). The van der Waals surface area contributed by atoms with Crippen molar-refractivity contribution in [2.45, 2.75) is 39.8 Å². The van der Waals surface area contributed by atoms with Crippen molar-refractivity contribution < 1.29 is 9.21 Å². The highest BCUT2D eigenvalue weighted by atomic mass is 16.3. The Hall–Kier alpha value is -2.81. The molecule has 3 heteroatoms. The zero-order valence-corrected chi connectivity index (χ0v) is 15.4. The Balaban J connectivity index is 1.69. The van der Waals surface area contributed by atoms with E-state index in [9.17, 15) is 4.79 Å². The molecule has 0 unspecified atom stereocenters. The molecule has 134 valence electrons. The molecule has 0 atom stereocenters. The molecule has 0 aliphatic rings. The first kappa shape index (κ1) is 18.0.